The highest BCUT2D eigenvalue weighted by Gasteiger charge is 2.36. The predicted octanol–water partition coefficient (Wildman–Crippen LogP) is 2.80. The van der Waals surface area contributed by atoms with Gasteiger partial charge in [-0.25, -0.2) is 9.97 Å². The zero-order valence-corrected chi connectivity index (χ0v) is 17.7. The summed E-state index contributed by atoms with van der Waals surface area (Å²) in [5.41, 5.74) is 0.420. The minimum atomic E-state index is -1.80. The van der Waals surface area contributed by atoms with E-state index < -0.39 is 26.3 Å². The van der Waals surface area contributed by atoms with Crippen LogP contribution in [0.1, 0.15) is 34.6 Å². The van der Waals surface area contributed by atoms with Gasteiger partial charge in [0.1, 0.15) is 12.0 Å². The van der Waals surface area contributed by atoms with Crippen molar-refractivity contribution in [1.29, 1.82) is 0 Å². The minimum Gasteiger partial charge on any atom is -0.453 e. The summed E-state index contributed by atoms with van der Waals surface area (Å²) < 4.78 is 11.0. The molecule has 0 radical (unpaired) electrons. The first kappa shape index (κ1) is 22.0. The molecule has 0 unspecified atom stereocenters. The number of nitrogens with one attached hydrogen (secondary N) is 2. The molecule has 0 aromatic carbocycles. The van der Waals surface area contributed by atoms with Crippen molar-refractivity contribution in [2.45, 2.75) is 58.9 Å². The standard InChI is InChI=1S/C17H30N4O4Si/c1-12(25-13(2)22)16(23)21-14-10-18-11-20-15(14)19-8-9-24-26(6,7)17(3,4)5/h10-12H,8-9H2,1-7H3,(H,21,23)(H,18,19,20)/t12-/m1/s1. The van der Waals surface area contributed by atoms with Crippen LogP contribution < -0.4 is 10.6 Å². The Kier molecular flexibility index (Phi) is 7.70. The monoisotopic (exact) mass is 382 g/mol. The number of nitrogens with zero attached hydrogens (tertiary/aromatic N) is 2. The lowest BCUT2D eigenvalue weighted by Crippen LogP contribution is -2.41. The van der Waals surface area contributed by atoms with Gasteiger partial charge in [0, 0.05) is 13.5 Å². The second-order valence-electron chi connectivity index (χ2n) is 7.56. The molecule has 26 heavy (non-hydrogen) atoms. The normalized spacial score (nSPS) is 13.0. The van der Waals surface area contributed by atoms with E-state index >= 15 is 0 Å². The fourth-order valence-corrected chi connectivity index (χ4v) is 2.84. The van der Waals surface area contributed by atoms with Gasteiger partial charge in [-0.05, 0) is 25.1 Å². The minimum absolute atomic E-state index is 0.147. The van der Waals surface area contributed by atoms with E-state index in [1.54, 1.807) is 0 Å². The molecule has 1 rings (SSSR count). The van der Waals surface area contributed by atoms with E-state index in [1.807, 2.05) is 0 Å². The Hall–Kier alpha value is -2.00. The van der Waals surface area contributed by atoms with Crippen LogP contribution in [0.5, 0.6) is 0 Å². The van der Waals surface area contributed by atoms with Gasteiger partial charge in [-0.1, -0.05) is 20.8 Å². The van der Waals surface area contributed by atoms with Crippen molar-refractivity contribution in [1.82, 2.24) is 9.97 Å². The summed E-state index contributed by atoms with van der Waals surface area (Å²) in [4.78, 5) is 31.1. The molecule has 9 heteroatoms. The highest BCUT2D eigenvalue weighted by atomic mass is 28.4. The second-order valence-corrected chi connectivity index (χ2v) is 12.4. The average Bonchev–Trinajstić information content (AvgIpc) is 2.51. The molecule has 0 fully saturated rings. The summed E-state index contributed by atoms with van der Waals surface area (Å²) in [6.07, 6.45) is 1.98. The van der Waals surface area contributed by atoms with Gasteiger partial charge < -0.3 is 19.8 Å². The number of esters is 1. The number of carbonyl (C=O) groups excluding carboxylic acids is 2. The Morgan fingerprint density at radius 2 is 1.96 bits per heavy atom. The molecule has 1 amide bonds. The number of carbonyl (C=O) groups is 2. The third kappa shape index (κ3) is 6.72. The molecule has 0 spiro atoms. The summed E-state index contributed by atoms with van der Waals surface area (Å²) >= 11 is 0. The number of anilines is 2. The van der Waals surface area contributed by atoms with Crippen LogP contribution in [0.2, 0.25) is 18.1 Å². The summed E-state index contributed by atoms with van der Waals surface area (Å²) in [5.74, 6) is -0.476. The van der Waals surface area contributed by atoms with Crippen molar-refractivity contribution in [3.05, 3.63) is 12.5 Å². The topological polar surface area (TPSA) is 102 Å². The molecule has 0 saturated carbocycles. The van der Waals surface area contributed by atoms with Crippen molar-refractivity contribution >= 4 is 31.7 Å². The molecule has 0 aliphatic carbocycles. The molecule has 1 aromatic rings. The molecule has 1 heterocycles. The third-order valence-corrected chi connectivity index (χ3v) is 8.88. The van der Waals surface area contributed by atoms with Crippen LogP contribution >= 0.6 is 0 Å². The Bertz CT molecular complexity index is 631. The van der Waals surface area contributed by atoms with E-state index in [2.05, 4.69) is 54.5 Å². The SMILES string of the molecule is CC(=O)O[C@H](C)C(=O)Nc1cncnc1NCCO[Si](C)(C)C(C)(C)C. The van der Waals surface area contributed by atoms with Crippen LogP contribution in [0.3, 0.4) is 0 Å². The van der Waals surface area contributed by atoms with Gasteiger partial charge in [0.2, 0.25) is 0 Å². The van der Waals surface area contributed by atoms with Crippen LogP contribution in [0.25, 0.3) is 0 Å². The van der Waals surface area contributed by atoms with Crippen LogP contribution in [0, 0.1) is 0 Å². The highest BCUT2D eigenvalue weighted by molar-refractivity contribution is 6.74. The molecule has 0 bridgehead atoms. The number of amides is 1. The molecule has 146 valence electrons. The van der Waals surface area contributed by atoms with E-state index in [-0.39, 0.29) is 5.04 Å². The van der Waals surface area contributed by atoms with Crippen molar-refractivity contribution in [3.8, 4) is 0 Å². The van der Waals surface area contributed by atoms with E-state index in [1.165, 1.54) is 26.4 Å². The average molecular weight is 383 g/mol. The maximum absolute atomic E-state index is 12.1. The number of rotatable bonds is 8. The van der Waals surface area contributed by atoms with Crippen LogP contribution in [0.15, 0.2) is 12.5 Å². The Morgan fingerprint density at radius 1 is 1.31 bits per heavy atom. The number of hydrogen-bond acceptors (Lipinski definition) is 7. The first-order chi connectivity index (χ1) is 11.9. The Labute approximate surface area is 156 Å². The van der Waals surface area contributed by atoms with Crippen LogP contribution in [-0.4, -0.2) is 49.4 Å². The zero-order chi connectivity index (χ0) is 20.0. The molecule has 1 aromatic heterocycles. The zero-order valence-electron chi connectivity index (χ0n) is 16.7. The first-order valence-corrected chi connectivity index (χ1v) is 11.5. The summed E-state index contributed by atoms with van der Waals surface area (Å²) in [6, 6.07) is 0. The number of aromatic nitrogens is 2. The second kappa shape index (κ2) is 9.09. The Balaban J connectivity index is 2.62. The maximum Gasteiger partial charge on any atom is 0.303 e. The van der Waals surface area contributed by atoms with Crippen molar-refractivity contribution in [3.63, 3.8) is 0 Å². The van der Waals surface area contributed by atoms with Gasteiger partial charge in [-0.15, -0.1) is 0 Å². The van der Waals surface area contributed by atoms with Crippen molar-refractivity contribution in [2.24, 2.45) is 0 Å². The molecule has 2 N–H and O–H groups in total. The van der Waals surface area contributed by atoms with E-state index in [9.17, 15) is 9.59 Å². The highest BCUT2D eigenvalue weighted by Crippen LogP contribution is 2.36. The van der Waals surface area contributed by atoms with Crippen molar-refractivity contribution in [2.75, 3.05) is 23.8 Å². The molecule has 0 saturated heterocycles. The quantitative estimate of drug-likeness (QED) is 0.405. The van der Waals surface area contributed by atoms with Gasteiger partial charge in [0.15, 0.2) is 20.2 Å². The third-order valence-electron chi connectivity index (χ3n) is 4.35. The van der Waals surface area contributed by atoms with Gasteiger partial charge in [0.25, 0.3) is 5.91 Å². The summed E-state index contributed by atoms with van der Waals surface area (Å²) in [6.45, 7) is 14.8. The largest absolute Gasteiger partial charge is 0.453 e. The van der Waals surface area contributed by atoms with E-state index in [0.29, 0.717) is 24.7 Å². The van der Waals surface area contributed by atoms with Crippen molar-refractivity contribution < 1.29 is 18.8 Å². The van der Waals surface area contributed by atoms with Gasteiger partial charge in [-0.3, -0.25) is 9.59 Å². The van der Waals surface area contributed by atoms with E-state index in [4.69, 9.17) is 9.16 Å². The van der Waals surface area contributed by atoms with E-state index in [0.717, 1.165) is 0 Å². The fourth-order valence-electron chi connectivity index (χ4n) is 1.79. The number of ether oxygens (including phenoxy) is 1. The molecule has 1 atom stereocenters. The summed E-state index contributed by atoms with van der Waals surface area (Å²) in [5, 5.41) is 5.95. The van der Waals surface area contributed by atoms with Gasteiger partial charge >= 0.3 is 5.97 Å². The molecular weight excluding hydrogens is 352 g/mol. The molecule has 0 aliphatic heterocycles. The van der Waals surface area contributed by atoms with Crippen LogP contribution in [0.4, 0.5) is 11.5 Å². The molecule has 0 aliphatic rings. The molecular formula is C17H30N4O4Si. The lowest BCUT2D eigenvalue weighted by molar-refractivity contribution is -0.150. The smallest absolute Gasteiger partial charge is 0.303 e. The predicted molar refractivity (Wildman–Crippen MR) is 104 cm³/mol. The maximum atomic E-state index is 12.1. The van der Waals surface area contributed by atoms with Gasteiger partial charge in [0.05, 0.1) is 12.8 Å². The number of hydrogen-bond donors (Lipinski definition) is 2. The lowest BCUT2D eigenvalue weighted by atomic mass is 10.2. The van der Waals surface area contributed by atoms with Crippen LogP contribution in [-0.2, 0) is 18.8 Å². The molecule has 8 nitrogen and oxygen atoms in total. The Morgan fingerprint density at radius 3 is 2.54 bits per heavy atom. The van der Waals surface area contributed by atoms with Gasteiger partial charge in [-0.2, -0.15) is 0 Å². The first-order valence-electron chi connectivity index (χ1n) is 8.60. The lowest BCUT2D eigenvalue weighted by Gasteiger charge is -2.36. The summed E-state index contributed by atoms with van der Waals surface area (Å²) in [7, 11) is -1.80. The fraction of sp³-hybridized carbons (Fsp3) is 0.647.